The Labute approximate surface area is 234 Å². The minimum absolute atomic E-state index is 0.0176. The van der Waals surface area contributed by atoms with Crippen LogP contribution in [0.5, 0.6) is 5.75 Å². The molecule has 2 atom stereocenters. The first-order chi connectivity index (χ1) is 19.6. The fourth-order valence-corrected chi connectivity index (χ4v) is 6.04. The van der Waals surface area contributed by atoms with Crippen LogP contribution in [0.3, 0.4) is 0 Å². The molecule has 0 bridgehead atoms. The van der Waals surface area contributed by atoms with Crippen molar-refractivity contribution in [2.24, 2.45) is 0 Å². The smallest absolute Gasteiger partial charge is 0.260 e. The van der Waals surface area contributed by atoms with Crippen LogP contribution in [0.15, 0.2) is 61.1 Å². The van der Waals surface area contributed by atoms with Gasteiger partial charge in [-0.2, -0.15) is 10.4 Å². The SMILES string of the molecule is N#Cc1ccccc1-c1nc2cnc(-c3ncn[nH]3)cc2n1C1CCCC(N2COc3ccc(Cl)cc3C2=O)C1. The Bertz CT molecular complexity index is 1790. The van der Waals surface area contributed by atoms with Crippen molar-refractivity contribution in [1.29, 1.82) is 5.26 Å². The molecule has 1 aliphatic heterocycles. The average molecular weight is 551 g/mol. The van der Waals surface area contributed by atoms with Crippen molar-refractivity contribution in [3.63, 3.8) is 0 Å². The Balaban J connectivity index is 1.31. The molecular formula is C29H23ClN8O2. The normalized spacial score (nSPS) is 18.8. The van der Waals surface area contributed by atoms with E-state index < -0.39 is 0 Å². The highest BCUT2D eigenvalue weighted by Crippen LogP contribution is 2.40. The third kappa shape index (κ3) is 4.06. The van der Waals surface area contributed by atoms with Gasteiger partial charge in [0.2, 0.25) is 0 Å². The first kappa shape index (κ1) is 24.3. The van der Waals surface area contributed by atoms with Crippen LogP contribution in [0, 0.1) is 11.3 Å². The largest absolute Gasteiger partial charge is 0.472 e. The van der Waals surface area contributed by atoms with Gasteiger partial charge in [0.1, 0.15) is 29.1 Å². The van der Waals surface area contributed by atoms with Gasteiger partial charge in [0.25, 0.3) is 5.91 Å². The molecule has 1 saturated carbocycles. The van der Waals surface area contributed by atoms with E-state index in [1.54, 1.807) is 30.5 Å². The Morgan fingerprint density at radius 1 is 1.07 bits per heavy atom. The summed E-state index contributed by atoms with van der Waals surface area (Å²) in [6, 6.07) is 16.9. The number of carbonyl (C=O) groups is 1. The number of nitriles is 1. The van der Waals surface area contributed by atoms with E-state index in [1.165, 1.54) is 6.33 Å². The summed E-state index contributed by atoms with van der Waals surface area (Å²) in [5, 5.41) is 17.2. The molecule has 1 fully saturated rings. The van der Waals surface area contributed by atoms with E-state index in [9.17, 15) is 10.1 Å². The molecule has 5 aromatic rings. The van der Waals surface area contributed by atoms with Crippen LogP contribution in [0.25, 0.3) is 33.9 Å². The zero-order valence-corrected chi connectivity index (χ0v) is 22.0. The molecule has 0 spiro atoms. The van der Waals surface area contributed by atoms with E-state index in [4.69, 9.17) is 21.3 Å². The van der Waals surface area contributed by atoms with Crippen LogP contribution >= 0.6 is 11.6 Å². The molecule has 10 nitrogen and oxygen atoms in total. The zero-order valence-electron chi connectivity index (χ0n) is 21.3. The maximum absolute atomic E-state index is 13.5. The van der Waals surface area contributed by atoms with Crippen LogP contribution in [-0.4, -0.2) is 53.3 Å². The van der Waals surface area contributed by atoms with Gasteiger partial charge in [-0.3, -0.25) is 14.9 Å². The Kier molecular flexibility index (Phi) is 5.94. The molecule has 198 valence electrons. The van der Waals surface area contributed by atoms with E-state index in [0.717, 1.165) is 30.3 Å². The number of ether oxygens (including phenoxy) is 1. The molecule has 4 heterocycles. The predicted octanol–water partition coefficient (Wildman–Crippen LogP) is 5.38. The van der Waals surface area contributed by atoms with E-state index in [1.807, 2.05) is 29.2 Å². The van der Waals surface area contributed by atoms with Crippen LogP contribution < -0.4 is 4.74 Å². The summed E-state index contributed by atoms with van der Waals surface area (Å²) in [6.45, 7) is 0.194. The summed E-state index contributed by atoms with van der Waals surface area (Å²) in [7, 11) is 0. The Morgan fingerprint density at radius 2 is 1.95 bits per heavy atom. The molecule has 0 saturated heterocycles. The van der Waals surface area contributed by atoms with Gasteiger partial charge in [-0.05, 0) is 62.1 Å². The molecule has 3 aromatic heterocycles. The zero-order chi connectivity index (χ0) is 27.2. The number of nitrogens with one attached hydrogen (secondary N) is 1. The highest BCUT2D eigenvalue weighted by Gasteiger charge is 2.36. The van der Waals surface area contributed by atoms with Crippen LogP contribution in [-0.2, 0) is 0 Å². The maximum atomic E-state index is 13.5. The first-order valence-corrected chi connectivity index (χ1v) is 13.4. The first-order valence-electron chi connectivity index (χ1n) is 13.1. The second-order valence-electron chi connectivity index (χ2n) is 10.0. The molecule has 40 heavy (non-hydrogen) atoms. The highest BCUT2D eigenvalue weighted by atomic mass is 35.5. The summed E-state index contributed by atoms with van der Waals surface area (Å²) in [4.78, 5) is 29.1. The molecule has 1 N–H and O–H groups in total. The van der Waals surface area contributed by atoms with Gasteiger partial charge >= 0.3 is 0 Å². The quantitative estimate of drug-likeness (QED) is 0.318. The Hall–Kier alpha value is -4.75. The molecule has 2 aliphatic rings. The lowest BCUT2D eigenvalue weighted by molar-refractivity contribution is 0.0280. The van der Waals surface area contributed by atoms with Crippen molar-refractivity contribution >= 4 is 28.5 Å². The third-order valence-electron chi connectivity index (χ3n) is 7.74. The molecule has 0 radical (unpaired) electrons. The lowest BCUT2D eigenvalue weighted by Gasteiger charge is -2.40. The number of benzene rings is 2. The summed E-state index contributed by atoms with van der Waals surface area (Å²) < 4.78 is 8.17. The number of amides is 1. The molecule has 2 unspecified atom stereocenters. The fraction of sp³-hybridized carbons (Fsp3) is 0.241. The minimum atomic E-state index is -0.0725. The highest BCUT2D eigenvalue weighted by molar-refractivity contribution is 6.31. The number of H-pyrrole nitrogens is 1. The number of hydrogen-bond acceptors (Lipinski definition) is 7. The number of aromatic nitrogens is 6. The van der Waals surface area contributed by atoms with Crippen LogP contribution in [0.4, 0.5) is 0 Å². The molecule has 1 aliphatic carbocycles. The van der Waals surface area contributed by atoms with Crippen molar-refractivity contribution in [3.8, 4) is 34.7 Å². The molecule has 2 aromatic carbocycles. The van der Waals surface area contributed by atoms with Gasteiger partial charge in [0.05, 0.1) is 28.9 Å². The van der Waals surface area contributed by atoms with Gasteiger partial charge in [-0.1, -0.05) is 23.7 Å². The van der Waals surface area contributed by atoms with Crippen LogP contribution in [0.2, 0.25) is 5.02 Å². The number of fused-ring (bicyclic) bond motifs is 2. The lowest BCUT2D eigenvalue weighted by Crippen LogP contribution is -2.47. The number of pyridine rings is 1. The second-order valence-corrected chi connectivity index (χ2v) is 10.5. The number of hydrogen-bond donors (Lipinski definition) is 1. The van der Waals surface area contributed by atoms with E-state index >= 15 is 0 Å². The number of halogens is 1. The summed E-state index contributed by atoms with van der Waals surface area (Å²) >= 11 is 6.20. The van der Waals surface area contributed by atoms with Gasteiger partial charge in [0.15, 0.2) is 12.6 Å². The number of nitrogens with zero attached hydrogens (tertiary/aromatic N) is 7. The standard InChI is InChI=1S/C29H23ClN8O2/c30-18-8-9-26-22(10-18)29(39)37(16-40-26)19-5-3-6-20(11-19)38-25-12-23(27-33-15-34-36-27)32-14-24(25)35-28(38)21-7-2-1-4-17(21)13-31/h1-2,4,7-10,12,14-15,19-20H,3,5-6,11,16H2,(H,33,34,36). The number of carbonyl (C=O) groups excluding carboxylic acids is 1. The number of rotatable bonds is 4. The van der Waals surface area contributed by atoms with Crippen molar-refractivity contribution in [1.82, 2.24) is 34.6 Å². The minimum Gasteiger partial charge on any atom is -0.472 e. The number of aromatic amines is 1. The molecular weight excluding hydrogens is 528 g/mol. The van der Waals surface area contributed by atoms with Crippen molar-refractivity contribution in [3.05, 3.63) is 77.2 Å². The topological polar surface area (TPSA) is 126 Å². The lowest BCUT2D eigenvalue weighted by atomic mass is 9.89. The van der Waals surface area contributed by atoms with Gasteiger partial charge in [-0.15, -0.1) is 0 Å². The van der Waals surface area contributed by atoms with Crippen molar-refractivity contribution in [2.45, 2.75) is 37.8 Å². The van der Waals surface area contributed by atoms with Gasteiger partial charge in [0, 0.05) is 22.7 Å². The molecule has 11 heteroatoms. The monoisotopic (exact) mass is 550 g/mol. The summed E-state index contributed by atoms with van der Waals surface area (Å²) in [5.74, 6) is 1.74. The predicted molar refractivity (Wildman–Crippen MR) is 147 cm³/mol. The Morgan fingerprint density at radius 3 is 2.80 bits per heavy atom. The van der Waals surface area contributed by atoms with E-state index in [-0.39, 0.29) is 24.7 Å². The number of imidazole rings is 1. The maximum Gasteiger partial charge on any atom is 0.260 e. The van der Waals surface area contributed by atoms with Crippen LogP contribution in [0.1, 0.15) is 47.6 Å². The van der Waals surface area contributed by atoms with Crippen molar-refractivity contribution in [2.75, 3.05) is 6.73 Å². The fourth-order valence-electron chi connectivity index (χ4n) is 5.87. The van der Waals surface area contributed by atoms with E-state index in [2.05, 4.69) is 30.8 Å². The average Bonchev–Trinajstić information content (AvgIpc) is 3.66. The second kappa shape index (κ2) is 9.77. The third-order valence-corrected chi connectivity index (χ3v) is 7.97. The van der Waals surface area contributed by atoms with Crippen molar-refractivity contribution < 1.29 is 9.53 Å². The summed E-state index contributed by atoms with van der Waals surface area (Å²) in [5.41, 5.74) is 4.03. The summed E-state index contributed by atoms with van der Waals surface area (Å²) in [6.07, 6.45) is 6.56. The van der Waals surface area contributed by atoms with E-state index in [0.29, 0.717) is 51.2 Å². The molecule has 1 amide bonds. The molecule has 7 rings (SSSR count). The van der Waals surface area contributed by atoms with Gasteiger partial charge < -0.3 is 14.2 Å². The van der Waals surface area contributed by atoms with Gasteiger partial charge in [-0.25, -0.2) is 9.97 Å².